The predicted molar refractivity (Wildman–Crippen MR) is 66.1 cm³/mol. The number of rotatable bonds is 2. The number of fused-ring (bicyclic) bond motifs is 1. The molecule has 0 radical (unpaired) electrons. The van der Waals surface area contributed by atoms with Gasteiger partial charge in [-0.3, -0.25) is 9.36 Å². The van der Waals surface area contributed by atoms with E-state index in [1.54, 1.807) is 25.2 Å². The van der Waals surface area contributed by atoms with Gasteiger partial charge in [0.2, 0.25) is 0 Å². The average molecular weight is 259 g/mol. The van der Waals surface area contributed by atoms with Crippen molar-refractivity contribution < 1.29 is 4.39 Å². The summed E-state index contributed by atoms with van der Waals surface area (Å²) in [6, 6.07) is 6.31. The molecule has 1 aromatic carbocycles. The lowest BCUT2D eigenvalue weighted by Crippen LogP contribution is -2.22. The van der Waals surface area contributed by atoms with Crippen molar-refractivity contribution in [2.45, 2.75) is 6.54 Å². The van der Waals surface area contributed by atoms with Crippen molar-refractivity contribution in [1.82, 2.24) is 24.5 Å². The first-order chi connectivity index (χ1) is 9.16. The van der Waals surface area contributed by atoms with E-state index in [4.69, 9.17) is 0 Å². The number of benzene rings is 1. The van der Waals surface area contributed by atoms with Gasteiger partial charge in [-0.2, -0.15) is 0 Å². The molecule has 0 N–H and O–H groups in total. The van der Waals surface area contributed by atoms with Gasteiger partial charge in [-0.15, -0.1) is 5.10 Å². The van der Waals surface area contributed by atoms with E-state index in [0.717, 1.165) is 0 Å². The lowest BCUT2D eigenvalue weighted by Gasteiger charge is -2.05. The highest BCUT2D eigenvalue weighted by atomic mass is 19.1. The van der Waals surface area contributed by atoms with E-state index in [1.807, 2.05) is 0 Å². The summed E-state index contributed by atoms with van der Waals surface area (Å²) >= 11 is 0. The van der Waals surface area contributed by atoms with Crippen LogP contribution in [0.15, 0.2) is 35.4 Å². The van der Waals surface area contributed by atoms with Gasteiger partial charge < -0.3 is 0 Å². The van der Waals surface area contributed by atoms with Crippen LogP contribution in [0.4, 0.5) is 4.39 Å². The molecule has 2 heterocycles. The largest absolute Gasteiger partial charge is 0.293 e. The summed E-state index contributed by atoms with van der Waals surface area (Å²) in [7, 11) is 1.66. The maximum Gasteiger partial charge on any atom is 0.283 e. The van der Waals surface area contributed by atoms with Crippen molar-refractivity contribution in [3.63, 3.8) is 0 Å². The molecule has 0 bridgehead atoms. The molecule has 0 spiro atoms. The van der Waals surface area contributed by atoms with Crippen molar-refractivity contribution in [3.05, 3.63) is 52.3 Å². The van der Waals surface area contributed by atoms with Crippen molar-refractivity contribution in [3.8, 4) is 0 Å². The summed E-state index contributed by atoms with van der Waals surface area (Å²) < 4.78 is 16.3. The molecule has 0 saturated carbocycles. The van der Waals surface area contributed by atoms with Gasteiger partial charge >= 0.3 is 0 Å². The van der Waals surface area contributed by atoms with E-state index in [1.165, 1.54) is 21.6 Å². The fourth-order valence-corrected chi connectivity index (χ4v) is 1.87. The van der Waals surface area contributed by atoms with Crippen LogP contribution in [-0.2, 0) is 13.6 Å². The Hall–Kier alpha value is -2.57. The first kappa shape index (κ1) is 11.5. The number of aryl methyl sites for hydroxylation is 1. The topological polar surface area (TPSA) is 65.6 Å². The molecule has 96 valence electrons. The van der Waals surface area contributed by atoms with Gasteiger partial charge in [-0.05, 0) is 6.07 Å². The molecule has 6 nitrogen and oxygen atoms in total. The number of aromatic nitrogens is 5. The summed E-state index contributed by atoms with van der Waals surface area (Å²) in [6.45, 7) is 0.116. The monoisotopic (exact) mass is 259 g/mol. The SMILES string of the molecule is Cn1nnc2c(=O)n(Cc3ccccc3F)cnc21. The van der Waals surface area contributed by atoms with Crippen LogP contribution in [0, 0.1) is 5.82 Å². The molecule has 0 aliphatic rings. The van der Waals surface area contributed by atoms with Crippen LogP contribution in [-0.4, -0.2) is 24.5 Å². The highest BCUT2D eigenvalue weighted by Gasteiger charge is 2.11. The molecular formula is C12H10FN5O. The average Bonchev–Trinajstić information content (AvgIpc) is 2.78. The van der Waals surface area contributed by atoms with Crippen LogP contribution in [0.1, 0.15) is 5.56 Å². The molecule has 3 rings (SSSR count). The zero-order valence-corrected chi connectivity index (χ0v) is 10.1. The van der Waals surface area contributed by atoms with Crippen LogP contribution in [0.5, 0.6) is 0 Å². The van der Waals surface area contributed by atoms with E-state index >= 15 is 0 Å². The Morgan fingerprint density at radius 1 is 1.32 bits per heavy atom. The van der Waals surface area contributed by atoms with Gasteiger partial charge in [0.1, 0.15) is 12.1 Å². The predicted octanol–water partition coefficient (Wildman–Crippen LogP) is 0.712. The van der Waals surface area contributed by atoms with Crippen molar-refractivity contribution in [2.75, 3.05) is 0 Å². The first-order valence-corrected chi connectivity index (χ1v) is 5.65. The van der Waals surface area contributed by atoms with E-state index in [-0.39, 0.29) is 23.4 Å². The summed E-state index contributed by atoms with van der Waals surface area (Å²) in [5.41, 5.74) is 0.687. The Kier molecular flexibility index (Phi) is 2.59. The maximum atomic E-state index is 13.6. The third-order valence-corrected chi connectivity index (χ3v) is 2.88. The third kappa shape index (κ3) is 1.88. The van der Waals surface area contributed by atoms with Gasteiger partial charge in [-0.25, -0.2) is 14.1 Å². The Balaban J connectivity index is 2.09. The summed E-state index contributed by atoms with van der Waals surface area (Å²) in [4.78, 5) is 16.2. The maximum absolute atomic E-state index is 13.6. The van der Waals surface area contributed by atoms with Crippen LogP contribution >= 0.6 is 0 Å². The zero-order valence-electron chi connectivity index (χ0n) is 10.1. The third-order valence-electron chi connectivity index (χ3n) is 2.88. The van der Waals surface area contributed by atoms with Gasteiger partial charge in [0.05, 0.1) is 6.54 Å². The van der Waals surface area contributed by atoms with Crippen molar-refractivity contribution >= 4 is 11.2 Å². The summed E-state index contributed by atoms with van der Waals surface area (Å²) in [6.07, 6.45) is 1.38. The second-order valence-corrected chi connectivity index (χ2v) is 4.15. The molecule has 0 amide bonds. The lowest BCUT2D eigenvalue weighted by molar-refractivity contribution is 0.595. The molecule has 0 aliphatic heterocycles. The van der Waals surface area contributed by atoms with Crippen molar-refractivity contribution in [1.29, 1.82) is 0 Å². The fourth-order valence-electron chi connectivity index (χ4n) is 1.87. The van der Waals surface area contributed by atoms with Crippen LogP contribution in [0.2, 0.25) is 0 Å². The minimum Gasteiger partial charge on any atom is -0.293 e. The molecule has 3 aromatic rings. The highest BCUT2D eigenvalue weighted by Crippen LogP contribution is 2.08. The quantitative estimate of drug-likeness (QED) is 0.680. The fraction of sp³-hybridized carbons (Fsp3) is 0.167. The summed E-state index contributed by atoms with van der Waals surface area (Å²) in [5.74, 6) is -0.353. The number of nitrogens with zero attached hydrogens (tertiary/aromatic N) is 5. The Labute approximate surface area is 107 Å². The zero-order chi connectivity index (χ0) is 13.4. The Bertz CT molecular complexity index is 807. The van der Waals surface area contributed by atoms with E-state index < -0.39 is 0 Å². The Morgan fingerprint density at radius 3 is 2.89 bits per heavy atom. The second kappa shape index (κ2) is 4.27. The van der Waals surface area contributed by atoms with E-state index in [2.05, 4.69) is 15.3 Å². The van der Waals surface area contributed by atoms with E-state index in [9.17, 15) is 9.18 Å². The molecule has 0 fully saturated rings. The molecular weight excluding hydrogens is 249 g/mol. The first-order valence-electron chi connectivity index (χ1n) is 5.65. The van der Waals surface area contributed by atoms with E-state index in [0.29, 0.717) is 11.2 Å². The normalized spacial score (nSPS) is 11.1. The molecule has 7 heteroatoms. The van der Waals surface area contributed by atoms with Gasteiger partial charge in [0.15, 0.2) is 11.2 Å². The molecule has 2 aromatic heterocycles. The highest BCUT2D eigenvalue weighted by molar-refractivity contribution is 5.67. The molecule has 0 atom stereocenters. The second-order valence-electron chi connectivity index (χ2n) is 4.15. The van der Waals surface area contributed by atoms with Gasteiger partial charge in [0, 0.05) is 12.6 Å². The van der Waals surface area contributed by atoms with Crippen molar-refractivity contribution in [2.24, 2.45) is 7.05 Å². The van der Waals surface area contributed by atoms with Gasteiger partial charge in [-0.1, -0.05) is 23.4 Å². The Morgan fingerprint density at radius 2 is 2.11 bits per heavy atom. The molecule has 19 heavy (non-hydrogen) atoms. The van der Waals surface area contributed by atoms with Crippen LogP contribution < -0.4 is 5.56 Å². The van der Waals surface area contributed by atoms with Gasteiger partial charge in [0.25, 0.3) is 5.56 Å². The molecule has 0 saturated heterocycles. The molecule has 0 unspecified atom stereocenters. The number of halogens is 1. The standard InChI is InChI=1S/C12H10FN5O/c1-17-11-10(15-16-17)12(19)18(7-14-11)6-8-4-2-3-5-9(8)13/h2-5,7H,6H2,1H3. The minimum atomic E-state index is -0.353. The minimum absolute atomic E-state index is 0.116. The number of hydrogen-bond donors (Lipinski definition) is 0. The summed E-state index contributed by atoms with van der Waals surface area (Å²) in [5, 5.41) is 7.50. The smallest absolute Gasteiger partial charge is 0.283 e. The molecule has 0 aliphatic carbocycles. The van der Waals surface area contributed by atoms with Crippen LogP contribution in [0.3, 0.4) is 0 Å². The number of hydrogen-bond acceptors (Lipinski definition) is 4. The van der Waals surface area contributed by atoms with Crippen LogP contribution in [0.25, 0.3) is 11.2 Å². The lowest BCUT2D eigenvalue weighted by atomic mass is 10.2.